The molecule has 0 saturated heterocycles. The predicted molar refractivity (Wildman–Crippen MR) is 41.2 cm³/mol. The Balaban J connectivity index is 3.31. The van der Waals surface area contributed by atoms with Gasteiger partial charge in [-0.1, -0.05) is 6.58 Å². The van der Waals surface area contributed by atoms with Crippen LogP contribution in [0.25, 0.3) is 0 Å². The number of rotatable bonds is 5. The Labute approximate surface area is 61.1 Å². The zero-order valence-corrected chi connectivity index (χ0v) is 6.10. The normalized spacial score (nSPS) is 9.30. The fourth-order valence-corrected chi connectivity index (χ4v) is 0.606. The highest BCUT2D eigenvalue weighted by Gasteiger charge is 1.98. The van der Waals surface area contributed by atoms with Gasteiger partial charge in [-0.25, -0.2) is 0 Å². The summed E-state index contributed by atoms with van der Waals surface area (Å²) in [5.74, 6) is -0.406. The molecule has 3 heteroatoms. The smallest absolute Gasteiger partial charge is 0.244 e. The van der Waals surface area contributed by atoms with Crippen LogP contribution in [0, 0.1) is 0 Å². The van der Waals surface area contributed by atoms with Gasteiger partial charge in [0, 0.05) is 5.57 Å². The van der Waals surface area contributed by atoms with Crippen LogP contribution in [-0.2, 0) is 4.79 Å². The van der Waals surface area contributed by atoms with Gasteiger partial charge in [0.2, 0.25) is 5.91 Å². The van der Waals surface area contributed by atoms with Crippen molar-refractivity contribution in [1.29, 1.82) is 0 Å². The van der Waals surface area contributed by atoms with Crippen LogP contribution in [0.5, 0.6) is 0 Å². The summed E-state index contributed by atoms with van der Waals surface area (Å²) in [7, 11) is 0. The zero-order valence-electron chi connectivity index (χ0n) is 6.10. The van der Waals surface area contributed by atoms with E-state index in [0.717, 1.165) is 12.8 Å². The van der Waals surface area contributed by atoms with Crippen molar-refractivity contribution in [1.82, 2.24) is 0 Å². The molecule has 0 saturated carbocycles. The quantitative estimate of drug-likeness (QED) is 0.424. The van der Waals surface area contributed by atoms with Crippen LogP contribution in [0.1, 0.15) is 19.3 Å². The SMILES string of the molecule is C=C(CCCCN)C(N)=O. The van der Waals surface area contributed by atoms with E-state index in [-0.39, 0.29) is 0 Å². The molecule has 0 heterocycles. The Kier molecular flexibility index (Phi) is 4.58. The molecular formula is C7H14N2O. The Morgan fingerprint density at radius 3 is 2.40 bits per heavy atom. The molecule has 1 amide bonds. The van der Waals surface area contributed by atoms with Gasteiger partial charge < -0.3 is 11.5 Å². The lowest BCUT2D eigenvalue weighted by Crippen LogP contribution is -2.13. The van der Waals surface area contributed by atoms with Crippen LogP contribution in [0.4, 0.5) is 0 Å². The molecule has 0 aromatic rings. The third kappa shape index (κ3) is 4.09. The van der Waals surface area contributed by atoms with Crippen LogP contribution < -0.4 is 11.5 Å². The first-order valence-electron chi connectivity index (χ1n) is 3.36. The molecule has 58 valence electrons. The van der Waals surface area contributed by atoms with Gasteiger partial charge in [0.1, 0.15) is 0 Å². The lowest BCUT2D eigenvalue weighted by Gasteiger charge is -1.98. The summed E-state index contributed by atoms with van der Waals surface area (Å²) >= 11 is 0. The molecule has 0 aliphatic carbocycles. The minimum atomic E-state index is -0.406. The summed E-state index contributed by atoms with van der Waals surface area (Å²) in [4.78, 5) is 10.4. The molecule has 0 aromatic heterocycles. The number of hydrogen-bond donors (Lipinski definition) is 2. The van der Waals surface area contributed by atoms with E-state index in [0.29, 0.717) is 18.5 Å². The summed E-state index contributed by atoms with van der Waals surface area (Å²) in [6, 6.07) is 0. The lowest BCUT2D eigenvalue weighted by atomic mass is 10.1. The molecule has 0 aromatic carbocycles. The third-order valence-corrected chi connectivity index (χ3v) is 1.28. The molecule has 0 bridgehead atoms. The molecule has 0 unspecified atom stereocenters. The first kappa shape index (κ1) is 9.17. The highest BCUT2D eigenvalue weighted by atomic mass is 16.1. The van der Waals surface area contributed by atoms with Crippen molar-refractivity contribution in [3.05, 3.63) is 12.2 Å². The zero-order chi connectivity index (χ0) is 7.98. The van der Waals surface area contributed by atoms with Gasteiger partial charge in [-0.05, 0) is 25.8 Å². The van der Waals surface area contributed by atoms with Gasteiger partial charge in [-0.2, -0.15) is 0 Å². The second-order valence-corrected chi connectivity index (χ2v) is 2.21. The average Bonchev–Trinajstić information content (AvgIpc) is 1.88. The van der Waals surface area contributed by atoms with Crippen molar-refractivity contribution in [2.75, 3.05) is 6.54 Å². The van der Waals surface area contributed by atoms with E-state index in [1.54, 1.807) is 0 Å². The predicted octanol–water partition coefficient (Wildman–Crippen LogP) is 0.157. The number of primary amides is 1. The number of unbranched alkanes of at least 4 members (excludes halogenated alkanes) is 1. The summed E-state index contributed by atoms with van der Waals surface area (Å²) in [6.07, 6.45) is 2.50. The van der Waals surface area contributed by atoms with Crippen LogP contribution in [-0.4, -0.2) is 12.5 Å². The molecule has 0 aliphatic heterocycles. The standard InChI is InChI=1S/C7H14N2O/c1-6(7(9)10)4-2-3-5-8/h1-5,8H2,(H2,9,10). The molecule has 3 nitrogen and oxygen atoms in total. The maximum Gasteiger partial charge on any atom is 0.244 e. The van der Waals surface area contributed by atoms with Gasteiger partial charge in [0.05, 0.1) is 0 Å². The highest BCUT2D eigenvalue weighted by Crippen LogP contribution is 2.02. The molecule has 4 N–H and O–H groups in total. The highest BCUT2D eigenvalue weighted by molar-refractivity contribution is 5.91. The van der Waals surface area contributed by atoms with E-state index < -0.39 is 5.91 Å². The summed E-state index contributed by atoms with van der Waals surface area (Å²) in [5.41, 5.74) is 10.7. The summed E-state index contributed by atoms with van der Waals surface area (Å²) < 4.78 is 0. The molecule has 0 spiro atoms. The Hall–Kier alpha value is -0.830. The van der Waals surface area contributed by atoms with Crippen LogP contribution in [0.2, 0.25) is 0 Å². The number of carbonyl (C=O) groups excluding carboxylic acids is 1. The van der Waals surface area contributed by atoms with E-state index in [1.165, 1.54) is 0 Å². The van der Waals surface area contributed by atoms with Crippen molar-refractivity contribution in [3.8, 4) is 0 Å². The maximum atomic E-state index is 10.4. The summed E-state index contributed by atoms with van der Waals surface area (Å²) in [6.45, 7) is 4.17. The first-order chi connectivity index (χ1) is 4.68. The average molecular weight is 142 g/mol. The van der Waals surface area contributed by atoms with Crippen LogP contribution in [0.3, 0.4) is 0 Å². The maximum absolute atomic E-state index is 10.4. The number of carbonyl (C=O) groups is 1. The molecule has 0 radical (unpaired) electrons. The second kappa shape index (κ2) is 4.99. The van der Waals surface area contributed by atoms with E-state index in [9.17, 15) is 4.79 Å². The topological polar surface area (TPSA) is 69.1 Å². The number of amides is 1. The van der Waals surface area contributed by atoms with Crippen LogP contribution >= 0.6 is 0 Å². The molecular weight excluding hydrogens is 128 g/mol. The van der Waals surface area contributed by atoms with Crippen LogP contribution in [0.15, 0.2) is 12.2 Å². The number of nitrogens with two attached hydrogens (primary N) is 2. The minimum absolute atomic E-state index is 0.406. The van der Waals surface area contributed by atoms with Gasteiger partial charge in [-0.3, -0.25) is 4.79 Å². The van der Waals surface area contributed by atoms with E-state index in [4.69, 9.17) is 11.5 Å². The monoisotopic (exact) mass is 142 g/mol. The fourth-order valence-electron chi connectivity index (χ4n) is 0.606. The molecule has 0 fully saturated rings. The fraction of sp³-hybridized carbons (Fsp3) is 0.571. The van der Waals surface area contributed by atoms with Gasteiger partial charge in [0.25, 0.3) is 0 Å². The van der Waals surface area contributed by atoms with E-state index in [1.807, 2.05) is 0 Å². The van der Waals surface area contributed by atoms with Crippen molar-refractivity contribution < 1.29 is 4.79 Å². The third-order valence-electron chi connectivity index (χ3n) is 1.28. The van der Waals surface area contributed by atoms with Crippen molar-refractivity contribution in [3.63, 3.8) is 0 Å². The molecule has 0 rings (SSSR count). The molecule has 0 atom stereocenters. The van der Waals surface area contributed by atoms with E-state index >= 15 is 0 Å². The van der Waals surface area contributed by atoms with Crippen molar-refractivity contribution in [2.24, 2.45) is 11.5 Å². The first-order valence-corrected chi connectivity index (χ1v) is 3.36. The van der Waals surface area contributed by atoms with Gasteiger partial charge in [-0.15, -0.1) is 0 Å². The largest absolute Gasteiger partial charge is 0.366 e. The minimum Gasteiger partial charge on any atom is -0.366 e. The molecule has 0 aliphatic rings. The van der Waals surface area contributed by atoms with Crippen molar-refractivity contribution in [2.45, 2.75) is 19.3 Å². The number of hydrogen-bond acceptors (Lipinski definition) is 2. The van der Waals surface area contributed by atoms with Gasteiger partial charge in [0.15, 0.2) is 0 Å². The molecule has 10 heavy (non-hydrogen) atoms. The Bertz CT molecular complexity index is 132. The Morgan fingerprint density at radius 2 is 2.00 bits per heavy atom. The lowest BCUT2D eigenvalue weighted by molar-refractivity contribution is -0.114. The summed E-state index contributed by atoms with van der Waals surface area (Å²) in [5, 5.41) is 0. The van der Waals surface area contributed by atoms with Gasteiger partial charge >= 0.3 is 0 Å². The second-order valence-electron chi connectivity index (χ2n) is 2.21. The van der Waals surface area contributed by atoms with E-state index in [2.05, 4.69) is 6.58 Å². The Morgan fingerprint density at radius 1 is 1.40 bits per heavy atom. The van der Waals surface area contributed by atoms with Crippen molar-refractivity contribution >= 4 is 5.91 Å².